The summed E-state index contributed by atoms with van der Waals surface area (Å²) in [5.74, 6) is 0.397. The highest BCUT2D eigenvalue weighted by Gasteiger charge is 2.26. The number of sulfonamides is 1. The molecule has 4 nitrogen and oxygen atoms in total. The van der Waals surface area contributed by atoms with E-state index in [1.54, 1.807) is 18.2 Å². The molecule has 0 bridgehead atoms. The van der Waals surface area contributed by atoms with Crippen molar-refractivity contribution < 1.29 is 13.2 Å². The molecule has 0 saturated carbocycles. The number of hydrogen-bond acceptors (Lipinski definition) is 3. The van der Waals surface area contributed by atoms with Crippen molar-refractivity contribution in [3.8, 4) is 5.75 Å². The quantitative estimate of drug-likeness (QED) is 0.339. The summed E-state index contributed by atoms with van der Waals surface area (Å²) >= 11 is 0. The Balaban J connectivity index is 1.68. The van der Waals surface area contributed by atoms with Gasteiger partial charge >= 0.3 is 0 Å². The fourth-order valence-corrected chi connectivity index (χ4v) is 4.96. The molecular formula is C27H24NO3S. The molecule has 161 valence electrons. The molecule has 1 radical (unpaired) electrons. The van der Waals surface area contributed by atoms with Crippen LogP contribution in [0, 0.1) is 6.07 Å². The van der Waals surface area contributed by atoms with Gasteiger partial charge in [-0.25, -0.2) is 8.42 Å². The zero-order valence-electron chi connectivity index (χ0n) is 17.6. The molecule has 32 heavy (non-hydrogen) atoms. The van der Waals surface area contributed by atoms with Crippen LogP contribution >= 0.6 is 0 Å². The van der Waals surface area contributed by atoms with E-state index < -0.39 is 10.0 Å². The first kappa shape index (κ1) is 21.7. The minimum absolute atomic E-state index is 0.103. The second-order valence-corrected chi connectivity index (χ2v) is 9.30. The average molecular weight is 443 g/mol. The Labute approximate surface area is 189 Å². The van der Waals surface area contributed by atoms with Gasteiger partial charge in [0.2, 0.25) is 10.0 Å². The second kappa shape index (κ2) is 10.2. The van der Waals surface area contributed by atoms with Gasteiger partial charge in [0.05, 0.1) is 18.0 Å². The van der Waals surface area contributed by atoms with Crippen LogP contribution in [0.25, 0.3) is 0 Å². The van der Waals surface area contributed by atoms with E-state index in [0.717, 1.165) is 16.7 Å². The van der Waals surface area contributed by atoms with Crippen LogP contribution in [0.1, 0.15) is 16.7 Å². The van der Waals surface area contributed by atoms with Gasteiger partial charge in [0.15, 0.2) is 0 Å². The van der Waals surface area contributed by atoms with Crippen LogP contribution in [0.2, 0.25) is 0 Å². The standard InChI is InChI=1S/C27H24NO3S/c29-32(30,22-25-16-8-3-9-17-25)28(20-23-12-4-1-5-13-23)26-18-10-11-19-27(26)31-21-24-14-6-2-7-15-24/h1-9,11-19H,20-22H2. The largest absolute Gasteiger partial charge is 0.487 e. The van der Waals surface area contributed by atoms with Crippen molar-refractivity contribution >= 4 is 15.7 Å². The Hall–Kier alpha value is -3.57. The number of rotatable bonds is 9. The number of anilines is 1. The van der Waals surface area contributed by atoms with E-state index in [4.69, 9.17) is 4.74 Å². The fourth-order valence-electron chi connectivity index (χ4n) is 3.41. The second-order valence-electron chi connectivity index (χ2n) is 7.40. The lowest BCUT2D eigenvalue weighted by Gasteiger charge is -2.26. The van der Waals surface area contributed by atoms with E-state index >= 15 is 0 Å². The maximum absolute atomic E-state index is 13.6. The summed E-state index contributed by atoms with van der Waals surface area (Å²) < 4.78 is 34.7. The highest BCUT2D eigenvalue weighted by atomic mass is 32.2. The van der Waals surface area contributed by atoms with Crippen LogP contribution in [-0.4, -0.2) is 8.42 Å². The minimum Gasteiger partial charge on any atom is -0.487 e. The minimum atomic E-state index is -3.70. The van der Waals surface area contributed by atoms with Crippen LogP contribution < -0.4 is 9.04 Å². The van der Waals surface area contributed by atoms with Crippen molar-refractivity contribution in [3.05, 3.63) is 132 Å². The van der Waals surface area contributed by atoms with Crippen LogP contribution in [0.5, 0.6) is 5.75 Å². The Kier molecular flexibility index (Phi) is 6.87. The lowest BCUT2D eigenvalue weighted by atomic mass is 10.2. The van der Waals surface area contributed by atoms with E-state index in [9.17, 15) is 8.42 Å². The molecule has 0 aliphatic heterocycles. The molecule has 4 aromatic carbocycles. The molecule has 0 spiro atoms. The highest BCUT2D eigenvalue weighted by molar-refractivity contribution is 7.92. The zero-order chi connectivity index (χ0) is 22.2. The Morgan fingerprint density at radius 3 is 1.91 bits per heavy atom. The van der Waals surface area contributed by atoms with Gasteiger partial charge in [0.1, 0.15) is 12.4 Å². The molecule has 4 rings (SSSR count). The van der Waals surface area contributed by atoms with Crippen molar-refractivity contribution in [2.24, 2.45) is 0 Å². The monoisotopic (exact) mass is 442 g/mol. The fraction of sp³-hybridized carbons (Fsp3) is 0.111. The maximum Gasteiger partial charge on any atom is 0.239 e. The molecule has 0 aliphatic rings. The van der Waals surface area contributed by atoms with Crippen LogP contribution in [0.3, 0.4) is 0 Å². The van der Waals surface area contributed by atoms with Crippen LogP contribution in [0.15, 0.2) is 109 Å². The van der Waals surface area contributed by atoms with Crippen molar-refractivity contribution in [1.82, 2.24) is 0 Å². The molecule has 0 aliphatic carbocycles. The van der Waals surface area contributed by atoms with Gasteiger partial charge in [0, 0.05) is 0 Å². The number of hydrogen-bond donors (Lipinski definition) is 0. The SMILES string of the molecule is O=S(=O)(Cc1ccccc1)N(Cc1ccccc1)c1c[c]ccc1OCc1ccccc1. The molecule has 4 aromatic rings. The van der Waals surface area contributed by atoms with E-state index in [2.05, 4.69) is 6.07 Å². The Bertz CT molecular complexity index is 1230. The van der Waals surface area contributed by atoms with Gasteiger partial charge < -0.3 is 4.74 Å². The molecule has 0 N–H and O–H groups in total. The lowest BCUT2D eigenvalue weighted by molar-refractivity contribution is 0.307. The van der Waals surface area contributed by atoms with Gasteiger partial charge in [0.25, 0.3) is 0 Å². The first-order chi connectivity index (χ1) is 15.6. The average Bonchev–Trinajstić information content (AvgIpc) is 2.83. The van der Waals surface area contributed by atoms with E-state index in [0.29, 0.717) is 18.0 Å². The van der Waals surface area contributed by atoms with E-state index in [-0.39, 0.29) is 12.3 Å². The summed E-state index contributed by atoms with van der Waals surface area (Å²) in [7, 11) is -3.70. The third-order valence-electron chi connectivity index (χ3n) is 5.01. The van der Waals surface area contributed by atoms with Crippen LogP contribution in [-0.2, 0) is 28.9 Å². The van der Waals surface area contributed by atoms with Gasteiger partial charge in [-0.05, 0) is 34.9 Å². The third-order valence-corrected chi connectivity index (χ3v) is 6.70. The van der Waals surface area contributed by atoms with Crippen LogP contribution in [0.4, 0.5) is 5.69 Å². The van der Waals surface area contributed by atoms with Crippen molar-refractivity contribution in [2.45, 2.75) is 18.9 Å². The number of ether oxygens (including phenoxy) is 1. The normalized spacial score (nSPS) is 11.1. The van der Waals surface area contributed by atoms with Crippen molar-refractivity contribution in [3.63, 3.8) is 0 Å². The highest BCUT2D eigenvalue weighted by Crippen LogP contribution is 2.33. The molecule has 5 heteroatoms. The van der Waals surface area contributed by atoms with Crippen molar-refractivity contribution in [2.75, 3.05) is 4.31 Å². The lowest BCUT2D eigenvalue weighted by Crippen LogP contribution is -2.32. The molecule has 0 aromatic heterocycles. The maximum atomic E-state index is 13.6. The molecule has 0 heterocycles. The van der Waals surface area contributed by atoms with Crippen molar-refractivity contribution in [1.29, 1.82) is 0 Å². The van der Waals surface area contributed by atoms with Gasteiger partial charge in [-0.3, -0.25) is 4.31 Å². The predicted octanol–water partition coefficient (Wildman–Crippen LogP) is 5.60. The third kappa shape index (κ3) is 5.56. The first-order valence-electron chi connectivity index (χ1n) is 10.4. The summed E-state index contributed by atoms with van der Waals surface area (Å²) in [6.45, 7) is 0.547. The summed E-state index contributed by atoms with van der Waals surface area (Å²) in [6, 6.07) is 36.7. The first-order valence-corrected chi connectivity index (χ1v) is 12.0. The van der Waals surface area contributed by atoms with Gasteiger partial charge in [-0.15, -0.1) is 0 Å². The topological polar surface area (TPSA) is 46.6 Å². The smallest absolute Gasteiger partial charge is 0.239 e. The molecule has 0 unspecified atom stereocenters. The van der Waals surface area contributed by atoms with E-state index in [1.807, 2.05) is 91.0 Å². The van der Waals surface area contributed by atoms with Gasteiger partial charge in [-0.2, -0.15) is 0 Å². The number of nitrogens with zero attached hydrogens (tertiary/aromatic N) is 1. The molecule has 0 saturated heterocycles. The molecule has 0 atom stereocenters. The zero-order valence-corrected chi connectivity index (χ0v) is 18.4. The Morgan fingerprint density at radius 1 is 0.719 bits per heavy atom. The van der Waals surface area contributed by atoms with E-state index in [1.165, 1.54) is 4.31 Å². The number of benzene rings is 4. The summed E-state index contributed by atoms with van der Waals surface area (Å²) in [5.41, 5.74) is 3.11. The molecule has 0 amide bonds. The van der Waals surface area contributed by atoms with Gasteiger partial charge in [-0.1, -0.05) is 97.1 Å². The molecule has 0 fully saturated rings. The summed E-state index contributed by atoms with van der Waals surface area (Å²) in [6.07, 6.45) is 0. The molecular weight excluding hydrogens is 418 g/mol. The summed E-state index contributed by atoms with van der Waals surface area (Å²) in [5, 5.41) is 0. The Morgan fingerprint density at radius 2 is 1.28 bits per heavy atom. The predicted molar refractivity (Wildman–Crippen MR) is 128 cm³/mol. The summed E-state index contributed by atoms with van der Waals surface area (Å²) in [4.78, 5) is 0.